The highest BCUT2D eigenvalue weighted by Crippen LogP contribution is 2.14. The van der Waals surface area contributed by atoms with Crippen molar-refractivity contribution in [3.8, 4) is 0 Å². The zero-order valence-electron chi connectivity index (χ0n) is 17.6. The summed E-state index contributed by atoms with van der Waals surface area (Å²) in [6, 6.07) is 12.2. The molecular weight excluding hydrogens is 404 g/mol. The minimum Gasteiger partial charge on any atom is -0.465 e. The zero-order chi connectivity index (χ0) is 22.3. The predicted molar refractivity (Wildman–Crippen MR) is 114 cm³/mol. The first-order chi connectivity index (χ1) is 14.1. The van der Waals surface area contributed by atoms with Crippen LogP contribution in [-0.4, -0.2) is 33.4 Å². The third-order valence-electron chi connectivity index (χ3n) is 4.49. The minimum absolute atomic E-state index is 0.112. The van der Waals surface area contributed by atoms with Crippen molar-refractivity contribution in [2.45, 2.75) is 44.7 Å². The van der Waals surface area contributed by atoms with Gasteiger partial charge in [0.2, 0.25) is 15.9 Å². The minimum atomic E-state index is -3.83. The molecule has 2 rings (SSSR count). The van der Waals surface area contributed by atoms with Gasteiger partial charge in [-0.05, 0) is 49.1 Å². The molecule has 162 valence electrons. The average Bonchev–Trinajstić information content (AvgIpc) is 2.71. The summed E-state index contributed by atoms with van der Waals surface area (Å²) in [6.45, 7) is 5.93. The fourth-order valence-electron chi connectivity index (χ4n) is 2.84. The summed E-state index contributed by atoms with van der Waals surface area (Å²) in [5, 5.41) is 2.77. The van der Waals surface area contributed by atoms with Crippen LogP contribution >= 0.6 is 0 Å². The lowest BCUT2D eigenvalue weighted by molar-refractivity contribution is -0.123. The van der Waals surface area contributed by atoms with Crippen LogP contribution in [0.3, 0.4) is 0 Å². The Bertz CT molecular complexity index is 968. The van der Waals surface area contributed by atoms with Crippen molar-refractivity contribution >= 4 is 21.9 Å². The molecule has 0 aromatic heterocycles. The Morgan fingerprint density at radius 3 is 2.13 bits per heavy atom. The van der Waals surface area contributed by atoms with E-state index in [1.165, 1.54) is 19.2 Å². The number of nitrogens with one attached hydrogen (secondary N) is 2. The van der Waals surface area contributed by atoms with E-state index in [0.717, 1.165) is 11.1 Å². The predicted octanol–water partition coefficient (Wildman–Crippen LogP) is 2.79. The quantitative estimate of drug-likeness (QED) is 0.594. The Morgan fingerprint density at radius 1 is 1.00 bits per heavy atom. The average molecular weight is 433 g/mol. The van der Waals surface area contributed by atoms with Gasteiger partial charge in [0.15, 0.2) is 0 Å². The van der Waals surface area contributed by atoms with Gasteiger partial charge < -0.3 is 10.1 Å². The summed E-state index contributed by atoms with van der Waals surface area (Å²) < 4.78 is 32.6. The highest BCUT2D eigenvalue weighted by molar-refractivity contribution is 7.89. The Labute approximate surface area is 177 Å². The second-order valence-electron chi connectivity index (χ2n) is 7.52. The second-order valence-corrected chi connectivity index (χ2v) is 9.24. The molecule has 2 aromatic rings. The normalized spacial score (nSPS) is 12.4. The lowest BCUT2D eigenvalue weighted by atomic mass is 10.0. The monoisotopic (exact) mass is 432 g/mol. The summed E-state index contributed by atoms with van der Waals surface area (Å²) in [6.07, 6.45) is 0.359. The van der Waals surface area contributed by atoms with Gasteiger partial charge in [-0.1, -0.05) is 43.7 Å². The maximum Gasteiger partial charge on any atom is 0.337 e. The number of hydrogen-bond acceptors (Lipinski definition) is 5. The smallest absolute Gasteiger partial charge is 0.337 e. The number of rotatable bonds is 9. The van der Waals surface area contributed by atoms with Crippen molar-refractivity contribution in [2.75, 3.05) is 7.11 Å². The van der Waals surface area contributed by atoms with Crippen LogP contribution < -0.4 is 10.0 Å². The molecule has 1 atom stereocenters. The number of methoxy groups -OCH3 is 1. The number of ether oxygens (including phenoxy) is 1. The van der Waals surface area contributed by atoms with Gasteiger partial charge in [-0.3, -0.25) is 4.79 Å². The summed E-state index contributed by atoms with van der Waals surface area (Å²) >= 11 is 0. The van der Waals surface area contributed by atoms with Crippen molar-refractivity contribution in [1.82, 2.24) is 10.0 Å². The molecule has 8 heteroatoms. The first kappa shape index (κ1) is 23.6. The van der Waals surface area contributed by atoms with E-state index in [9.17, 15) is 18.0 Å². The van der Waals surface area contributed by atoms with Gasteiger partial charge in [0.05, 0.1) is 17.6 Å². The molecule has 2 aromatic carbocycles. The molecule has 2 N–H and O–H groups in total. The Morgan fingerprint density at radius 2 is 1.60 bits per heavy atom. The van der Waals surface area contributed by atoms with Crippen LogP contribution in [0, 0.1) is 12.8 Å². The lowest BCUT2D eigenvalue weighted by Crippen LogP contribution is -2.47. The first-order valence-corrected chi connectivity index (χ1v) is 11.1. The Hall–Kier alpha value is -2.71. The van der Waals surface area contributed by atoms with Gasteiger partial charge in [-0.2, -0.15) is 4.72 Å². The molecule has 0 radical (unpaired) electrons. The molecule has 1 amide bonds. The molecule has 0 aliphatic heterocycles. The third kappa shape index (κ3) is 6.67. The van der Waals surface area contributed by atoms with Crippen LogP contribution in [0.15, 0.2) is 53.4 Å². The number of aryl methyl sites for hydroxylation is 1. The van der Waals surface area contributed by atoms with E-state index in [2.05, 4.69) is 14.8 Å². The molecule has 1 unspecified atom stereocenters. The highest BCUT2D eigenvalue weighted by Gasteiger charge is 2.26. The van der Waals surface area contributed by atoms with Gasteiger partial charge in [0.1, 0.15) is 6.04 Å². The number of esters is 1. The van der Waals surface area contributed by atoms with Crippen molar-refractivity contribution in [2.24, 2.45) is 5.92 Å². The standard InChI is InChI=1S/C22H28N2O5S/c1-15(2)13-20(24-30(27,28)19-11-5-16(3)6-12-19)21(25)23-14-17-7-9-18(10-8-17)22(26)29-4/h5-12,15,20,24H,13-14H2,1-4H3,(H,23,25). The highest BCUT2D eigenvalue weighted by atomic mass is 32.2. The van der Waals surface area contributed by atoms with Crippen molar-refractivity contribution in [3.63, 3.8) is 0 Å². The van der Waals surface area contributed by atoms with Crippen molar-refractivity contribution in [1.29, 1.82) is 0 Å². The molecule has 7 nitrogen and oxygen atoms in total. The summed E-state index contributed by atoms with van der Waals surface area (Å²) in [5.74, 6) is -0.731. The van der Waals surface area contributed by atoms with E-state index in [4.69, 9.17) is 0 Å². The maximum atomic E-state index is 12.7. The van der Waals surface area contributed by atoms with Gasteiger partial charge in [0.25, 0.3) is 0 Å². The number of hydrogen-bond donors (Lipinski definition) is 2. The van der Waals surface area contributed by atoms with E-state index in [1.54, 1.807) is 36.4 Å². The molecule has 0 saturated carbocycles. The van der Waals surface area contributed by atoms with Crippen LogP contribution in [0.1, 0.15) is 41.8 Å². The third-order valence-corrected chi connectivity index (χ3v) is 5.98. The SMILES string of the molecule is COC(=O)c1ccc(CNC(=O)C(CC(C)C)NS(=O)(=O)c2ccc(C)cc2)cc1. The maximum absolute atomic E-state index is 12.7. The number of carbonyl (C=O) groups is 2. The zero-order valence-corrected chi connectivity index (χ0v) is 18.5. The Kier molecular flexibility index (Phi) is 8.14. The number of sulfonamides is 1. The molecule has 0 bridgehead atoms. The van der Waals surface area contributed by atoms with E-state index in [1.807, 2.05) is 20.8 Å². The van der Waals surface area contributed by atoms with Crippen LogP contribution in [0.4, 0.5) is 0 Å². The van der Waals surface area contributed by atoms with Gasteiger partial charge in [-0.25, -0.2) is 13.2 Å². The molecule has 0 heterocycles. The molecular formula is C22H28N2O5S. The second kappa shape index (κ2) is 10.4. The van der Waals surface area contributed by atoms with Gasteiger partial charge >= 0.3 is 5.97 Å². The Balaban J connectivity index is 2.07. The number of benzene rings is 2. The number of carbonyl (C=O) groups excluding carboxylic acids is 2. The summed E-state index contributed by atoms with van der Waals surface area (Å²) in [7, 11) is -2.52. The van der Waals surface area contributed by atoms with Crippen LogP contribution in [0.25, 0.3) is 0 Å². The van der Waals surface area contributed by atoms with Gasteiger partial charge in [-0.15, -0.1) is 0 Å². The van der Waals surface area contributed by atoms with Crippen LogP contribution in [0.5, 0.6) is 0 Å². The summed E-state index contributed by atoms with van der Waals surface area (Å²) in [5.41, 5.74) is 2.14. The van der Waals surface area contributed by atoms with E-state index >= 15 is 0 Å². The molecule has 0 fully saturated rings. The number of amides is 1. The largest absolute Gasteiger partial charge is 0.465 e. The fourth-order valence-corrected chi connectivity index (χ4v) is 4.05. The van der Waals surface area contributed by atoms with Crippen molar-refractivity contribution in [3.05, 3.63) is 65.2 Å². The van der Waals surface area contributed by atoms with E-state index in [0.29, 0.717) is 12.0 Å². The molecule has 0 spiro atoms. The molecule has 0 aliphatic carbocycles. The van der Waals surface area contributed by atoms with E-state index < -0.39 is 27.9 Å². The fraction of sp³-hybridized carbons (Fsp3) is 0.364. The first-order valence-electron chi connectivity index (χ1n) is 9.66. The van der Waals surface area contributed by atoms with Gasteiger partial charge in [0, 0.05) is 6.54 Å². The van der Waals surface area contributed by atoms with Crippen LogP contribution in [0.2, 0.25) is 0 Å². The molecule has 30 heavy (non-hydrogen) atoms. The summed E-state index contributed by atoms with van der Waals surface area (Å²) in [4.78, 5) is 24.3. The molecule has 0 saturated heterocycles. The van der Waals surface area contributed by atoms with Crippen molar-refractivity contribution < 1.29 is 22.7 Å². The van der Waals surface area contributed by atoms with E-state index in [-0.39, 0.29) is 17.4 Å². The molecule has 0 aliphatic rings. The van der Waals surface area contributed by atoms with Crippen LogP contribution in [-0.2, 0) is 26.1 Å². The topological polar surface area (TPSA) is 102 Å². The lowest BCUT2D eigenvalue weighted by Gasteiger charge is -2.20.